The van der Waals surface area contributed by atoms with E-state index in [1.165, 1.54) is 0 Å². The molecular formula is C35H35N3O7S2. The van der Waals surface area contributed by atoms with Gasteiger partial charge in [-0.3, -0.25) is 18.7 Å². The van der Waals surface area contributed by atoms with Crippen molar-refractivity contribution < 1.29 is 32.9 Å². The van der Waals surface area contributed by atoms with E-state index in [1.807, 2.05) is 78.2 Å². The number of nitrogens with one attached hydrogen (secondary N) is 1. The molecule has 0 radical (unpaired) electrons. The van der Waals surface area contributed by atoms with E-state index in [2.05, 4.69) is 5.32 Å². The Morgan fingerprint density at radius 1 is 1.02 bits per heavy atom. The van der Waals surface area contributed by atoms with Crippen LogP contribution < -0.4 is 5.32 Å². The number of ether oxygens (including phenoxy) is 2. The molecule has 3 amide bonds. The van der Waals surface area contributed by atoms with Gasteiger partial charge in [-0.15, -0.1) is 11.3 Å². The summed E-state index contributed by atoms with van der Waals surface area (Å²) in [6, 6.07) is 21.2. The number of esters is 1. The minimum Gasteiger partial charge on any atom is -0.448 e. The highest BCUT2D eigenvalue weighted by Gasteiger charge is 2.58. The van der Waals surface area contributed by atoms with Crippen LogP contribution in [0.2, 0.25) is 0 Å². The number of β-lactam (4-membered cyclic amide) rings is 1. The quantitative estimate of drug-likeness (QED) is 0.207. The van der Waals surface area contributed by atoms with Gasteiger partial charge in [-0.05, 0) is 61.4 Å². The fraction of sp³-hybridized carbons (Fsp3) is 0.314. The predicted octanol–water partition coefficient (Wildman–Crippen LogP) is 4.82. The Balaban J connectivity index is 1.35. The number of carbonyl (C=O) groups excluding carboxylic acids is 4. The van der Waals surface area contributed by atoms with Crippen molar-refractivity contribution in [3.63, 3.8) is 0 Å². The van der Waals surface area contributed by atoms with Gasteiger partial charge in [-0.2, -0.15) is 0 Å². The van der Waals surface area contributed by atoms with E-state index in [0.717, 1.165) is 20.9 Å². The monoisotopic (exact) mass is 673 g/mol. The van der Waals surface area contributed by atoms with E-state index < -0.39 is 51.9 Å². The Morgan fingerprint density at radius 3 is 2.28 bits per heavy atom. The third-order valence-corrected chi connectivity index (χ3v) is 10.4. The van der Waals surface area contributed by atoms with E-state index in [1.54, 1.807) is 43.1 Å². The maximum absolute atomic E-state index is 14.2. The average molecular weight is 674 g/mol. The number of hydrogen-bond donors (Lipinski definition) is 1. The molecule has 3 aromatic rings. The van der Waals surface area contributed by atoms with Crippen LogP contribution in [0.5, 0.6) is 0 Å². The van der Waals surface area contributed by atoms with Crippen molar-refractivity contribution in [3.05, 3.63) is 117 Å². The first kappa shape index (κ1) is 32.4. The normalized spacial score (nSPS) is 22.0. The standard InChI is InChI=1S/C35H35N3O7S2/c1-35(2,3)45-34(42)36-27-31(40)38-28(33(41)44-29(22-11-6-4-7-12-22)23-13-8-5-9-14-23)25(21-47(43)32(27)38)19-24-16-17-37(30(24)39)20-26-15-10-18-46-26/h4-15,18-19,27,29,32H,16-17,20-21H2,1-3H3,(H,36,42)/t27-,32-,47+/m1/s1. The first-order chi connectivity index (χ1) is 22.5. The second kappa shape index (κ2) is 13.3. The molecule has 2 saturated heterocycles. The molecule has 10 nitrogen and oxygen atoms in total. The largest absolute Gasteiger partial charge is 0.448 e. The van der Waals surface area contributed by atoms with Gasteiger partial charge in [-0.1, -0.05) is 66.7 Å². The molecule has 12 heteroatoms. The maximum atomic E-state index is 14.2. The van der Waals surface area contributed by atoms with Crippen LogP contribution in [0.1, 0.15) is 49.3 Å². The summed E-state index contributed by atoms with van der Waals surface area (Å²) in [6.07, 6.45) is 0.380. The van der Waals surface area contributed by atoms with Gasteiger partial charge < -0.3 is 19.7 Å². The molecule has 3 aliphatic rings. The number of benzene rings is 2. The van der Waals surface area contributed by atoms with Crippen molar-refractivity contribution in [1.29, 1.82) is 0 Å². The summed E-state index contributed by atoms with van der Waals surface area (Å²) in [6.45, 7) is 6.04. The molecule has 0 spiro atoms. The fourth-order valence-corrected chi connectivity index (χ4v) is 8.19. The van der Waals surface area contributed by atoms with Crippen LogP contribution in [0, 0.1) is 0 Å². The molecule has 3 atom stereocenters. The van der Waals surface area contributed by atoms with Crippen molar-refractivity contribution >= 4 is 46.0 Å². The molecule has 0 bridgehead atoms. The zero-order chi connectivity index (χ0) is 33.3. The lowest BCUT2D eigenvalue weighted by molar-refractivity contribution is -0.153. The van der Waals surface area contributed by atoms with Crippen molar-refractivity contribution in [3.8, 4) is 0 Å². The second-order valence-corrected chi connectivity index (χ2v) is 15.0. The smallest absolute Gasteiger partial charge is 0.408 e. The van der Waals surface area contributed by atoms with Crippen molar-refractivity contribution in [2.24, 2.45) is 0 Å². The van der Waals surface area contributed by atoms with E-state index >= 15 is 0 Å². The lowest BCUT2D eigenvalue weighted by atomic mass is 10.00. The SMILES string of the molecule is CC(C)(C)OC(=O)N[C@@H]1C(=O)N2C(C(=O)OC(c3ccccc3)c3ccccc3)=C(C=C3CCN(Cc4cccs4)C3=O)C[S@](=O)[C@H]12. The van der Waals surface area contributed by atoms with E-state index in [0.29, 0.717) is 25.1 Å². The van der Waals surface area contributed by atoms with Crippen LogP contribution in [-0.4, -0.2) is 67.2 Å². The molecule has 1 aromatic heterocycles. The molecule has 6 rings (SSSR count). The van der Waals surface area contributed by atoms with E-state index in [4.69, 9.17) is 9.47 Å². The number of allylic oxidation sites excluding steroid dienone is 1. The maximum Gasteiger partial charge on any atom is 0.408 e. The average Bonchev–Trinajstić information content (AvgIpc) is 3.68. The second-order valence-electron chi connectivity index (χ2n) is 12.5. The van der Waals surface area contributed by atoms with E-state index in [-0.39, 0.29) is 22.9 Å². The van der Waals surface area contributed by atoms with Crippen LogP contribution in [0.25, 0.3) is 0 Å². The third-order valence-electron chi connectivity index (χ3n) is 7.94. The van der Waals surface area contributed by atoms with Gasteiger partial charge in [0.25, 0.3) is 5.91 Å². The highest BCUT2D eigenvalue weighted by molar-refractivity contribution is 7.86. The number of rotatable bonds is 8. The van der Waals surface area contributed by atoms with Crippen molar-refractivity contribution in [1.82, 2.24) is 15.1 Å². The summed E-state index contributed by atoms with van der Waals surface area (Å²) < 4.78 is 25.2. The summed E-state index contributed by atoms with van der Waals surface area (Å²) in [7, 11) is -1.72. The zero-order valence-electron chi connectivity index (χ0n) is 26.2. The zero-order valence-corrected chi connectivity index (χ0v) is 27.8. The Labute approximate surface area is 279 Å². The summed E-state index contributed by atoms with van der Waals surface area (Å²) >= 11 is 1.56. The number of thiophene rings is 1. The van der Waals surface area contributed by atoms with Gasteiger partial charge in [0.1, 0.15) is 22.7 Å². The highest BCUT2D eigenvalue weighted by Crippen LogP contribution is 2.38. The van der Waals surface area contributed by atoms with Crippen LogP contribution in [0.4, 0.5) is 4.79 Å². The lowest BCUT2D eigenvalue weighted by Crippen LogP contribution is -2.73. The number of alkyl carbamates (subject to hydrolysis) is 1. The number of amides is 3. The number of nitrogens with zero attached hydrogens (tertiary/aromatic N) is 2. The van der Waals surface area contributed by atoms with Gasteiger partial charge in [0.2, 0.25) is 5.91 Å². The topological polar surface area (TPSA) is 122 Å². The van der Waals surface area contributed by atoms with Crippen LogP contribution >= 0.6 is 11.3 Å². The van der Waals surface area contributed by atoms with Gasteiger partial charge >= 0.3 is 12.1 Å². The van der Waals surface area contributed by atoms with Crippen molar-refractivity contribution in [2.75, 3.05) is 12.3 Å². The minimum atomic E-state index is -1.72. The Morgan fingerprint density at radius 2 is 1.68 bits per heavy atom. The number of likely N-dealkylation sites (tertiary alicyclic amines) is 1. The summed E-state index contributed by atoms with van der Waals surface area (Å²) in [4.78, 5) is 57.8. The summed E-state index contributed by atoms with van der Waals surface area (Å²) in [5.41, 5.74) is 1.27. The molecule has 0 saturated carbocycles. The summed E-state index contributed by atoms with van der Waals surface area (Å²) in [5, 5.41) is 3.47. The Bertz CT molecular complexity index is 1730. The van der Waals surface area contributed by atoms with Gasteiger partial charge in [0, 0.05) is 17.0 Å². The van der Waals surface area contributed by atoms with Crippen LogP contribution in [0.15, 0.2) is 101 Å². The Kier molecular flexibility index (Phi) is 9.16. The molecule has 0 unspecified atom stereocenters. The number of fused-ring (bicyclic) bond motifs is 1. The number of hydrogen-bond acceptors (Lipinski definition) is 8. The highest BCUT2D eigenvalue weighted by atomic mass is 32.2. The van der Waals surface area contributed by atoms with Gasteiger partial charge in [-0.25, -0.2) is 9.59 Å². The first-order valence-electron chi connectivity index (χ1n) is 15.3. The molecule has 47 heavy (non-hydrogen) atoms. The Hall–Kier alpha value is -4.55. The van der Waals surface area contributed by atoms with Gasteiger partial charge in [0.15, 0.2) is 6.10 Å². The van der Waals surface area contributed by atoms with Crippen molar-refractivity contribution in [2.45, 2.75) is 56.9 Å². The van der Waals surface area contributed by atoms with Crippen LogP contribution in [-0.2, 0) is 41.2 Å². The molecule has 2 fully saturated rings. The molecule has 4 heterocycles. The fourth-order valence-electron chi connectivity index (χ4n) is 5.84. The summed E-state index contributed by atoms with van der Waals surface area (Å²) in [5.74, 6) is -1.72. The first-order valence-corrected chi connectivity index (χ1v) is 17.5. The van der Waals surface area contributed by atoms with Crippen LogP contribution in [0.3, 0.4) is 0 Å². The molecule has 0 aliphatic carbocycles. The molecular weight excluding hydrogens is 639 g/mol. The van der Waals surface area contributed by atoms with Gasteiger partial charge in [0.05, 0.1) is 23.1 Å². The third kappa shape index (κ3) is 6.93. The minimum absolute atomic E-state index is 0.0873. The van der Waals surface area contributed by atoms with E-state index in [9.17, 15) is 23.4 Å². The predicted molar refractivity (Wildman–Crippen MR) is 177 cm³/mol. The molecule has 3 aliphatic heterocycles. The molecule has 2 aromatic carbocycles. The number of carbonyl (C=O) groups is 4. The lowest BCUT2D eigenvalue weighted by Gasteiger charge is -2.49. The molecule has 1 N–H and O–H groups in total. The molecule has 244 valence electrons.